The molecule has 0 aliphatic rings. The molecule has 0 aliphatic heterocycles. The summed E-state index contributed by atoms with van der Waals surface area (Å²) in [6.45, 7) is 7.29. The summed E-state index contributed by atoms with van der Waals surface area (Å²) in [5, 5.41) is 3.40. The molecule has 1 N–H and O–H groups in total. The fourth-order valence-electron chi connectivity index (χ4n) is 4.16. The second-order valence-corrected chi connectivity index (χ2v) is 12.6. The van der Waals surface area contributed by atoms with Crippen molar-refractivity contribution in [2.45, 2.75) is 45.2 Å². The van der Waals surface area contributed by atoms with Crippen molar-refractivity contribution in [2.24, 2.45) is 5.92 Å². The van der Waals surface area contributed by atoms with Crippen molar-refractivity contribution < 1.29 is 27.5 Å². The molecule has 0 unspecified atom stereocenters. The van der Waals surface area contributed by atoms with Crippen LogP contribution in [0.4, 0.5) is 5.69 Å². The van der Waals surface area contributed by atoms with Crippen LogP contribution in [0.5, 0.6) is 11.5 Å². The number of nitrogens with one attached hydrogen (secondary N) is 1. The quantitative estimate of drug-likeness (QED) is 0.289. The minimum Gasteiger partial charge on any atom is -0.497 e. The molecule has 0 saturated carbocycles. The Morgan fingerprint density at radius 2 is 1.57 bits per heavy atom. The van der Waals surface area contributed by atoms with E-state index in [0.717, 1.165) is 15.4 Å². The van der Waals surface area contributed by atoms with E-state index in [1.165, 1.54) is 37.3 Å². The number of carbonyl (C=O) groups excluding carboxylic acids is 2. The summed E-state index contributed by atoms with van der Waals surface area (Å²) in [6, 6.07) is 17.1. The molecule has 2 amide bonds. The second-order valence-electron chi connectivity index (χ2n) is 10.3. The highest BCUT2D eigenvalue weighted by Gasteiger charge is 2.34. The first-order valence-corrected chi connectivity index (χ1v) is 15.3. The van der Waals surface area contributed by atoms with E-state index in [-0.39, 0.29) is 34.7 Å². The van der Waals surface area contributed by atoms with Crippen LogP contribution in [0.2, 0.25) is 5.02 Å². The minimum atomic E-state index is -4.27. The van der Waals surface area contributed by atoms with Crippen molar-refractivity contribution in [1.82, 2.24) is 10.2 Å². The van der Waals surface area contributed by atoms with E-state index in [9.17, 15) is 18.0 Å². The van der Waals surface area contributed by atoms with E-state index in [1.807, 2.05) is 20.8 Å². The first-order valence-electron chi connectivity index (χ1n) is 13.5. The number of halogens is 1. The number of hydrogen-bond acceptors (Lipinski definition) is 6. The van der Waals surface area contributed by atoms with E-state index < -0.39 is 28.5 Å². The van der Waals surface area contributed by atoms with Gasteiger partial charge in [0.1, 0.15) is 24.1 Å². The van der Waals surface area contributed by atoms with Crippen LogP contribution in [0.3, 0.4) is 0 Å². The molecule has 0 bridgehead atoms. The normalized spacial score (nSPS) is 12.0. The molecule has 0 aromatic heterocycles. The molecule has 0 aliphatic carbocycles. The minimum absolute atomic E-state index is 0.00208. The summed E-state index contributed by atoms with van der Waals surface area (Å²) in [7, 11) is -1.40. The average molecular weight is 616 g/mol. The Bertz CT molecular complexity index is 1480. The Hall–Kier alpha value is -3.76. The maximum absolute atomic E-state index is 14.1. The molecule has 3 rings (SSSR count). The fourth-order valence-corrected chi connectivity index (χ4v) is 5.71. The van der Waals surface area contributed by atoms with Crippen molar-refractivity contribution in [2.75, 3.05) is 31.6 Å². The van der Waals surface area contributed by atoms with Gasteiger partial charge in [-0.15, -0.1) is 0 Å². The third-order valence-electron chi connectivity index (χ3n) is 6.66. The van der Waals surface area contributed by atoms with Gasteiger partial charge in [0.15, 0.2) is 0 Å². The zero-order valence-electron chi connectivity index (χ0n) is 24.8. The Morgan fingerprint density at radius 1 is 0.929 bits per heavy atom. The molecule has 0 radical (unpaired) electrons. The second kappa shape index (κ2) is 14.4. The van der Waals surface area contributed by atoms with Crippen molar-refractivity contribution in [1.29, 1.82) is 0 Å². The van der Waals surface area contributed by atoms with Gasteiger partial charge in [-0.05, 0) is 61.7 Å². The Balaban J connectivity index is 2.10. The summed E-state index contributed by atoms with van der Waals surface area (Å²) >= 11 is 6.06. The molecular weight excluding hydrogens is 578 g/mol. The molecule has 3 aromatic carbocycles. The number of carbonyl (C=O) groups is 2. The lowest BCUT2D eigenvalue weighted by Gasteiger charge is -2.32. The molecule has 226 valence electrons. The molecule has 11 heteroatoms. The molecular formula is C31H38ClN3O6S. The van der Waals surface area contributed by atoms with Gasteiger partial charge in [0.05, 0.1) is 24.8 Å². The van der Waals surface area contributed by atoms with E-state index in [4.69, 9.17) is 21.1 Å². The molecule has 3 aromatic rings. The zero-order valence-corrected chi connectivity index (χ0v) is 26.3. The van der Waals surface area contributed by atoms with E-state index in [1.54, 1.807) is 55.5 Å². The number of benzene rings is 3. The lowest BCUT2D eigenvalue weighted by Crippen LogP contribution is -2.51. The number of sulfonamides is 1. The van der Waals surface area contributed by atoms with Gasteiger partial charge in [-0.1, -0.05) is 55.3 Å². The number of anilines is 1. The fraction of sp³-hybridized carbons (Fsp3) is 0.355. The Kier molecular flexibility index (Phi) is 11.2. The standard InChI is InChI=1S/C31H38ClN3O6S/c1-21(2)18-33-31(37)23(4)34(19-24-9-11-25(32)12-10-24)30(36)20-35(28-17-26(40-5)13-16-29(28)41-6)42(38,39)27-14-7-22(3)8-15-27/h7-17,21,23H,18-20H2,1-6H3,(H,33,37)/t23-/m0/s1. The highest BCUT2D eigenvalue weighted by Crippen LogP contribution is 2.36. The maximum atomic E-state index is 14.1. The number of methoxy groups -OCH3 is 2. The Morgan fingerprint density at radius 3 is 2.14 bits per heavy atom. The summed E-state index contributed by atoms with van der Waals surface area (Å²) in [5.41, 5.74) is 1.73. The molecule has 1 atom stereocenters. The molecule has 9 nitrogen and oxygen atoms in total. The monoisotopic (exact) mass is 615 g/mol. The van der Waals surface area contributed by atoms with Gasteiger partial charge in [0, 0.05) is 24.2 Å². The lowest BCUT2D eigenvalue weighted by molar-refractivity contribution is -0.139. The van der Waals surface area contributed by atoms with Gasteiger partial charge in [0.25, 0.3) is 10.0 Å². The lowest BCUT2D eigenvalue weighted by atomic mass is 10.1. The van der Waals surface area contributed by atoms with Crippen LogP contribution in [0.15, 0.2) is 71.6 Å². The van der Waals surface area contributed by atoms with E-state index in [2.05, 4.69) is 5.32 Å². The molecule has 42 heavy (non-hydrogen) atoms. The smallest absolute Gasteiger partial charge is 0.264 e. The van der Waals surface area contributed by atoms with Gasteiger partial charge in [-0.2, -0.15) is 0 Å². The van der Waals surface area contributed by atoms with Gasteiger partial charge >= 0.3 is 0 Å². The first kappa shape index (κ1) is 32.8. The number of aryl methyl sites for hydroxylation is 1. The van der Waals surface area contributed by atoms with Crippen LogP contribution in [0, 0.1) is 12.8 Å². The van der Waals surface area contributed by atoms with Crippen LogP contribution in [-0.2, 0) is 26.2 Å². The Labute approximate surface area is 253 Å². The molecule has 0 spiro atoms. The number of ether oxygens (including phenoxy) is 2. The number of nitrogens with zero attached hydrogens (tertiary/aromatic N) is 2. The molecule has 0 saturated heterocycles. The van der Waals surface area contributed by atoms with Gasteiger partial charge in [0.2, 0.25) is 11.8 Å². The van der Waals surface area contributed by atoms with Crippen LogP contribution < -0.4 is 19.1 Å². The van der Waals surface area contributed by atoms with E-state index in [0.29, 0.717) is 17.3 Å². The van der Waals surface area contributed by atoms with Crippen molar-refractivity contribution >= 4 is 39.1 Å². The van der Waals surface area contributed by atoms with Crippen molar-refractivity contribution in [3.05, 3.63) is 82.9 Å². The summed E-state index contributed by atoms with van der Waals surface area (Å²) in [4.78, 5) is 28.6. The first-order chi connectivity index (χ1) is 19.9. The predicted octanol–water partition coefficient (Wildman–Crippen LogP) is 5.05. The van der Waals surface area contributed by atoms with Gasteiger partial charge in [-0.3, -0.25) is 13.9 Å². The van der Waals surface area contributed by atoms with Crippen molar-refractivity contribution in [3.63, 3.8) is 0 Å². The van der Waals surface area contributed by atoms with E-state index >= 15 is 0 Å². The highest BCUT2D eigenvalue weighted by atomic mass is 35.5. The van der Waals surface area contributed by atoms with Gasteiger partial charge in [-0.25, -0.2) is 8.42 Å². The summed E-state index contributed by atoms with van der Waals surface area (Å²) in [6.07, 6.45) is 0. The topological polar surface area (TPSA) is 105 Å². The SMILES string of the molecule is COc1ccc(OC)c(N(CC(=O)N(Cc2ccc(Cl)cc2)[C@@H](C)C(=O)NCC(C)C)S(=O)(=O)c2ccc(C)cc2)c1. The number of hydrogen-bond donors (Lipinski definition) is 1. The third kappa shape index (κ3) is 8.17. The summed E-state index contributed by atoms with van der Waals surface area (Å²) < 4.78 is 40.1. The summed E-state index contributed by atoms with van der Waals surface area (Å²) in [5.74, 6) is -0.124. The predicted molar refractivity (Wildman–Crippen MR) is 165 cm³/mol. The van der Waals surface area contributed by atoms with Gasteiger partial charge < -0.3 is 19.7 Å². The highest BCUT2D eigenvalue weighted by molar-refractivity contribution is 7.92. The average Bonchev–Trinajstić information content (AvgIpc) is 2.97. The van der Waals surface area contributed by atoms with Crippen LogP contribution >= 0.6 is 11.6 Å². The largest absolute Gasteiger partial charge is 0.497 e. The van der Waals surface area contributed by atoms with Crippen LogP contribution in [0.25, 0.3) is 0 Å². The maximum Gasteiger partial charge on any atom is 0.264 e. The van der Waals surface area contributed by atoms with Crippen molar-refractivity contribution in [3.8, 4) is 11.5 Å². The van der Waals surface area contributed by atoms with Crippen LogP contribution in [0.1, 0.15) is 31.9 Å². The molecule has 0 heterocycles. The zero-order chi connectivity index (χ0) is 31.0. The third-order valence-corrected chi connectivity index (χ3v) is 8.69. The molecule has 0 fully saturated rings. The van der Waals surface area contributed by atoms with Crippen LogP contribution in [-0.4, -0.2) is 58.5 Å². The number of amides is 2. The number of rotatable bonds is 13.